The van der Waals surface area contributed by atoms with E-state index in [1.807, 2.05) is 23.1 Å². The minimum atomic E-state index is -0.635. The maximum Gasteiger partial charge on any atom is 0.269 e. The monoisotopic (exact) mass is 450 g/mol. The quantitative estimate of drug-likeness (QED) is 0.541. The van der Waals surface area contributed by atoms with Crippen LogP contribution in [0.2, 0.25) is 0 Å². The number of pyridine rings is 1. The van der Waals surface area contributed by atoms with Crippen LogP contribution in [-0.2, 0) is 16.0 Å². The molecule has 1 aromatic heterocycles. The minimum Gasteiger partial charge on any atom is -0.366 e. The highest BCUT2D eigenvalue weighted by molar-refractivity contribution is 5.97. The molecule has 4 N–H and O–H groups in total. The Morgan fingerprint density at radius 1 is 1.18 bits per heavy atom. The lowest BCUT2D eigenvalue weighted by Gasteiger charge is -2.38. The van der Waals surface area contributed by atoms with E-state index in [9.17, 15) is 19.2 Å². The first-order chi connectivity index (χ1) is 15.9. The fraction of sp³-hybridized carbons (Fsp3) is 0.348. The summed E-state index contributed by atoms with van der Waals surface area (Å²) in [6, 6.07) is 10.5. The second kappa shape index (κ2) is 9.78. The lowest BCUT2D eigenvalue weighted by atomic mass is 9.92. The fourth-order valence-corrected chi connectivity index (χ4v) is 4.24. The number of fused-ring (bicyclic) bond motifs is 1. The molecule has 0 spiro atoms. The van der Waals surface area contributed by atoms with Crippen molar-refractivity contribution in [3.63, 3.8) is 0 Å². The van der Waals surface area contributed by atoms with Gasteiger partial charge in [0.05, 0.1) is 19.1 Å². The molecule has 2 aliphatic heterocycles. The lowest BCUT2D eigenvalue weighted by Crippen LogP contribution is -2.53. The minimum absolute atomic E-state index is 0.0620. The molecule has 4 rings (SSSR count). The van der Waals surface area contributed by atoms with E-state index in [2.05, 4.69) is 21.7 Å². The Bertz CT molecular complexity index is 1090. The van der Waals surface area contributed by atoms with Gasteiger partial charge in [-0.15, -0.1) is 0 Å². The molecule has 0 bridgehead atoms. The number of piperazine rings is 1. The summed E-state index contributed by atoms with van der Waals surface area (Å²) in [5.41, 5.74) is 7.82. The number of amides is 4. The number of nitrogens with two attached hydrogens (primary N) is 1. The maximum absolute atomic E-state index is 12.9. The van der Waals surface area contributed by atoms with Gasteiger partial charge in [-0.3, -0.25) is 29.1 Å². The molecular weight excluding hydrogens is 424 g/mol. The summed E-state index contributed by atoms with van der Waals surface area (Å²) in [6.45, 7) is 2.05. The summed E-state index contributed by atoms with van der Waals surface area (Å²) in [6.07, 6.45) is 2.15. The standard InChI is InChI=1S/C23H26N6O4/c24-22(32)16-5-7-25-18(11-16)23(33)27-12-19-17-4-2-1-3-15(17)6-9-28(19)14-21(31)29-10-8-26-20(30)13-29/h1-5,7,11,19H,6,8-10,12-14H2,(H2,24,32)(H,26,30)(H,27,33). The molecule has 1 fully saturated rings. The normalized spacial score (nSPS) is 18.2. The highest BCUT2D eigenvalue weighted by Crippen LogP contribution is 2.29. The van der Waals surface area contributed by atoms with E-state index < -0.39 is 11.8 Å². The third-order valence-electron chi connectivity index (χ3n) is 5.99. The van der Waals surface area contributed by atoms with E-state index in [1.165, 1.54) is 23.9 Å². The summed E-state index contributed by atoms with van der Waals surface area (Å²) >= 11 is 0. The molecule has 33 heavy (non-hydrogen) atoms. The summed E-state index contributed by atoms with van der Waals surface area (Å²) < 4.78 is 0. The number of carbonyl (C=O) groups excluding carboxylic acids is 4. The molecule has 1 unspecified atom stereocenters. The van der Waals surface area contributed by atoms with Gasteiger partial charge in [-0.25, -0.2) is 0 Å². The van der Waals surface area contributed by atoms with E-state index in [-0.39, 0.29) is 48.7 Å². The van der Waals surface area contributed by atoms with Gasteiger partial charge in [-0.1, -0.05) is 24.3 Å². The Morgan fingerprint density at radius 2 is 2.00 bits per heavy atom. The summed E-state index contributed by atoms with van der Waals surface area (Å²) in [4.78, 5) is 56.3. The van der Waals surface area contributed by atoms with E-state index in [0.29, 0.717) is 19.6 Å². The van der Waals surface area contributed by atoms with Crippen LogP contribution >= 0.6 is 0 Å². The van der Waals surface area contributed by atoms with E-state index in [4.69, 9.17) is 5.73 Å². The van der Waals surface area contributed by atoms with Crippen LogP contribution in [0, 0.1) is 0 Å². The molecule has 10 heteroatoms. The largest absolute Gasteiger partial charge is 0.366 e. The number of nitrogens with one attached hydrogen (secondary N) is 2. The molecule has 172 valence electrons. The van der Waals surface area contributed by atoms with E-state index in [0.717, 1.165) is 12.0 Å². The molecule has 2 aromatic rings. The van der Waals surface area contributed by atoms with Crippen molar-refractivity contribution in [2.45, 2.75) is 12.5 Å². The van der Waals surface area contributed by atoms with Gasteiger partial charge in [0, 0.05) is 37.9 Å². The van der Waals surface area contributed by atoms with Crippen molar-refractivity contribution in [3.8, 4) is 0 Å². The van der Waals surface area contributed by atoms with Crippen LogP contribution in [0.25, 0.3) is 0 Å². The van der Waals surface area contributed by atoms with Crippen LogP contribution in [0.3, 0.4) is 0 Å². The number of rotatable bonds is 6. The van der Waals surface area contributed by atoms with E-state index >= 15 is 0 Å². The number of benzene rings is 1. The van der Waals surface area contributed by atoms with Gasteiger partial charge in [-0.2, -0.15) is 0 Å². The number of hydrogen-bond donors (Lipinski definition) is 3. The first-order valence-corrected chi connectivity index (χ1v) is 10.8. The molecule has 3 heterocycles. The predicted octanol–water partition coefficient (Wildman–Crippen LogP) is -0.532. The molecule has 4 amide bonds. The van der Waals surface area contributed by atoms with Crippen molar-refractivity contribution in [2.24, 2.45) is 5.73 Å². The first kappa shape index (κ1) is 22.4. The zero-order valence-corrected chi connectivity index (χ0v) is 18.1. The number of hydrogen-bond acceptors (Lipinski definition) is 6. The van der Waals surface area contributed by atoms with Gasteiger partial charge in [-0.05, 0) is 29.7 Å². The molecule has 0 radical (unpaired) electrons. The Labute approximate surface area is 191 Å². The van der Waals surface area contributed by atoms with Gasteiger partial charge < -0.3 is 21.3 Å². The zero-order chi connectivity index (χ0) is 23.4. The number of aromatic nitrogens is 1. The highest BCUT2D eigenvalue weighted by Gasteiger charge is 2.31. The number of carbonyl (C=O) groups is 4. The topological polar surface area (TPSA) is 138 Å². The summed E-state index contributed by atoms with van der Waals surface area (Å²) in [7, 11) is 0. The van der Waals surface area contributed by atoms with Crippen molar-refractivity contribution in [3.05, 3.63) is 65.0 Å². The van der Waals surface area contributed by atoms with Gasteiger partial charge in [0.2, 0.25) is 17.7 Å². The fourth-order valence-electron chi connectivity index (χ4n) is 4.24. The molecule has 1 aromatic carbocycles. The average Bonchev–Trinajstić information content (AvgIpc) is 2.83. The van der Waals surface area contributed by atoms with Crippen molar-refractivity contribution >= 4 is 23.6 Å². The molecule has 2 aliphatic rings. The van der Waals surface area contributed by atoms with Crippen molar-refractivity contribution < 1.29 is 19.2 Å². The second-order valence-corrected chi connectivity index (χ2v) is 8.10. The summed E-state index contributed by atoms with van der Waals surface area (Å²) in [5, 5.41) is 5.60. The molecule has 10 nitrogen and oxygen atoms in total. The van der Waals surface area contributed by atoms with Crippen molar-refractivity contribution in [2.75, 3.05) is 39.3 Å². The number of primary amides is 1. The van der Waals surface area contributed by atoms with Crippen LogP contribution in [0.1, 0.15) is 38.0 Å². The summed E-state index contributed by atoms with van der Waals surface area (Å²) in [5.74, 6) is -1.34. The van der Waals surface area contributed by atoms with Gasteiger partial charge in [0.1, 0.15) is 5.69 Å². The van der Waals surface area contributed by atoms with Crippen LogP contribution in [-0.4, -0.2) is 77.7 Å². The Balaban J connectivity index is 1.49. The highest BCUT2D eigenvalue weighted by atomic mass is 16.2. The predicted molar refractivity (Wildman–Crippen MR) is 119 cm³/mol. The molecule has 0 saturated carbocycles. The second-order valence-electron chi connectivity index (χ2n) is 8.10. The molecular formula is C23H26N6O4. The number of nitrogens with zero attached hydrogens (tertiary/aromatic N) is 3. The molecule has 1 atom stereocenters. The van der Waals surface area contributed by atoms with Crippen molar-refractivity contribution in [1.82, 2.24) is 25.4 Å². The average molecular weight is 450 g/mol. The van der Waals surface area contributed by atoms with Gasteiger partial charge in [0.25, 0.3) is 5.91 Å². The van der Waals surface area contributed by atoms with E-state index in [1.54, 1.807) is 4.90 Å². The molecule has 0 aliphatic carbocycles. The zero-order valence-electron chi connectivity index (χ0n) is 18.1. The molecule has 1 saturated heterocycles. The Kier molecular flexibility index (Phi) is 6.64. The van der Waals surface area contributed by atoms with Crippen LogP contribution in [0.5, 0.6) is 0 Å². The first-order valence-electron chi connectivity index (χ1n) is 10.8. The SMILES string of the molecule is NC(=O)c1ccnc(C(=O)NCC2c3ccccc3CCN2CC(=O)N2CCNC(=O)C2)c1. The maximum atomic E-state index is 12.9. The third kappa shape index (κ3) is 5.17. The van der Waals surface area contributed by atoms with Crippen LogP contribution in [0.15, 0.2) is 42.6 Å². The Hall–Kier alpha value is -3.79. The lowest BCUT2D eigenvalue weighted by molar-refractivity contribution is -0.139. The van der Waals surface area contributed by atoms with Gasteiger partial charge >= 0.3 is 0 Å². The smallest absolute Gasteiger partial charge is 0.269 e. The van der Waals surface area contributed by atoms with Gasteiger partial charge in [0.15, 0.2) is 0 Å². The third-order valence-corrected chi connectivity index (χ3v) is 5.99. The Morgan fingerprint density at radius 3 is 2.79 bits per heavy atom. The van der Waals surface area contributed by atoms with Crippen LogP contribution < -0.4 is 16.4 Å². The van der Waals surface area contributed by atoms with Crippen LogP contribution in [0.4, 0.5) is 0 Å². The van der Waals surface area contributed by atoms with Crippen molar-refractivity contribution in [1.29, 1.82) is 0 Å².